The van der Waals surface area contributed by atoms with Gasteiger partial charge in [0.05, 0.1) is 38.8 Å². The largest absolute Gasteiger partial charge is 0.354 e. The maximum Gasteiger partial charge on any atom is 0.354 e. The molecule has 1 amide bonds. The molecule has 6 rings (SSSR count). The second kappa shape index (κ2) is 10.9. The van der Waals surface area contributed by atoms with Crippen molar-refractivity contribution in [1.29, 1.82) is 0 Å². The zero-order chi connectivity index (χ0) is 30.7. The van der Waals surface area contributed by atoms with Crippen molar-refractivity contribution in [2.75, 3.05) is 23.7 Å². The standard InChI is InChI=1S/C32H30F3N5O2S/c1-6-22(41)38-14-19-15-43-30-24-29(25(34)23(26(30)35)20-9-7-8-10-21(20)33)40(28-17(4)11-12-36-27(28)16(2)3)32(42)37-31(24)39(19)13-18(38)5/h6-12,16,18-19H,1,13-15H2,2-5H3. The average Bonchev–Trinajstić information content (AvgIpc) is 3.12. The first kappa shape index (κ1) is 29.0. The number of benzene rings is 2. The van der Waals surface area contributed by atoms with Crippen LogP contribution >= 0.6 is 11.8 Å². The molecule has 7 nitrogen and oxygen atoms in total. The lowest BCUT2D eigenvalue weighted by atomic mass is 9.99. The second-order valence-corrected chi connectivity index (χ2v) is 12.3. The topological polar surface area (TPSA) is 71.3 Å². The normalized spacial score (nSPS) is 18.1. The van der Waals surface area contributed by atoms with Crippen LogP contribution in [-0.2, 0) is 4.79 Å². The molecule has 0 spiro atoms. The zero-order valence-corrected chi connectivity index (χ0v) is 25.0. The van der Waals surface area contributed by atoms with Gasteiger partial charge < -0.3 is 9.80 Å². The number of thioether (sulfide) groups is 1. The highest BCUT2D eigenvalue weighted by molar-refractivity contribution is 7.99. The van der Waals surface area contributed by atoms with E-state index in [0.29, 0.717) is 22.7 Å². The first-order valence-electron chi connectivity index (χ1n) is 14.1. The summed E-state index contributed by atoms with van der Waals surface area (Å²) in [6, 6.07) is 6.49. The third-order valence-electron chi connectivity index (χ3n) is 8.21. The number of carbonyl (C=O) groups excluding carboxylic acids is 1. The van der Waals surface area contributed by atoms with Gasteiger partial charge in [-0.2, -0.15) is 4.98 Å². The van der Waals surface area contributed by atoms with Crippen LogP contribution in [0.25, 0.3) is 27.7 Å². The quantitative estimate of drug-likeness (QED) is 0.266. The van der Waals surface area contributed by atoms with Crippen LogP contribution < -0.4 is 10.6 Å². The van der Waals surface area contributed by atoms with E-state index in [0.717, 1.165) is 17.8 Å². The van der Waals surface area contributed by atoms with E-state index in [1.165, 1.54) is 28.8 Å². The van der Waals surface area contributed by atoms with Gasteiger partial charge in [-0.25, -0.2) is 18.0 Å². The van der Waals surface area contributed by atoms with Crippen molar-refractivity contribution in [2.45, 2.75) is 50.6 Å². The smallest absolute Gasteiger partial charge is 0.348 e. The van der Waals surface area contributed by atoms with E-state index in [1.54, 1.807) is 24.1 Å². The second-order valence-electron chi connectivity index (χ2n) is 11.3. The van der Waals surface area contributed by atoms with Crippen LogP contribution in [-0.4, -0.2) is 56.3 Å². The molecule has 0 aliphatic carbocycles. The highest BCUT2D eigenvalue weighted by atomic mass is 32.2. The Morgan fingerprint density at radius 1 is 1.14 bits per heavy atom. The van der Waals surface area contributed by atoms with Gasteiger partial charge in [0.25, 0.3) is 0 Å². The van der Waals surface area contributed by atoms with Crippen LogP contribution in [0.1, 0.15) is 37.9 Å². The molecule has 11 heteroatoms. The monoisotopic (exact) mass is 605 g/mol. The Morgan fingerprint density at radius 3 is 2.58 bits per heavy atom. The van der Waals surface area contributed by atoms with Gasteiger partial charge in [0, 0.05) is 36.6 Å². The van der Waals surface area contributed by atoms with Crippen molar-refractivity contribution in [3.05, 3.63) is 88.4 Å². The molecular weight excluding hydrogens is 575 g/mol. The third kappa shape index (κ3) is 4.52. The van der Waals surface area contributed by atoms with Crippen molar-refractivity contribution < 1.29 is 18.0 Å². The Morgan fingerprint density at radius 2 is 1.88 bits per heavy atom. The molecule has 2 aliphatic heterocycles. The summed E-state index contributed by atoms with van der Waals surface area (Å²) in [5.74, 6) is -2.70. The van der Waals surface area contributed by atoms with E-state index >= 15 is 13.2 Å². The molecule has 0 bridgehead atoms. The summed E-state index contributed by atoms with van der Waals surface area (Å²) >= 11 is 1.14. The maximum atomic E-state index is 17.0. The van der Waals surface area contributed by atoms with Gasteiger partial charge in [-0.1, -0.05) is 38.6 Å². The van der Waals surface area contributed by atoms with Gasteiger partial charge in [-0.3, -0.25) is 14.3 Å². The Bertz CT molecular complexity index is 1870. The summed E-state index contributed by atoms with van der Waals surface area (Å²) in [5.41, 5.74) is -0.201. The number of hydrogen-bond acceptors (Lipinski definition) is 6. The SMILES string of the molecule is C=CC(=O)N1CC2CSc3c(F)c(-c4ccccc4F)c(F)c4c3c(nc(=O)n4-c3c(C)ccnc3C(C)C)N2CC1C. The van der Waals surface area contributed by atoms with Gasteiger partial charge in [0.15, 0.2) is 5.82 Å². The lowest BCUT2D eigenvalue weighted by molar-refractivity contribution is -0.128. The number of piperazine rings is 1. The Labute approximate surface area is 251 Å². The van der Waals surface area contributed by atoms with E-state index in [4.69, 9.17) is 0 Å². The lowest BCUT2D eigenvalue weighted by Gasteiger charge is -2.45. The van der Waals surface area contributed by atoms with Crippen LogP contribution in [0.15, 0.2) is 58.9 Å². The zero-order valence-electron chi connectivity index (χ0n) is 24.2. The van der Waals surface area contributed by atoms with Crippen molar-refractivity contribution in [3.8, 4) is 16.8 Å². The number of aryl methyl sites for hydroxylation is 1. The minimum Gasteiger partial charge on any atom is -0.348 e. The molecule has 0 N–H and O–H groups in total. The van der Waals surface area contributed by atoms with Crippen molar-refractivity contribution >= 4 is 34.4 Å². The Hall–Kier alpha value is -4.12. The van der Waals surface area contributed by atoms with E-state index in [1.807, 2.05) is 25.7 Å². The molecule has 2 aromatic carbocycles. The van der Waals surface area contributed by atoms with Crippen LogP contribution in [0.5, 0.6) is 0 Å². The van der Waals surface area contributed by atoms with E-state index < -0.39 is 28.7 Å². The number of rotatable bonds is 4. The summed E-state index contributed by atoms with van der Waals surface area (Å²) < 4.78 is 50.0. The molecule has 2 atom stereocenters. The fourth-order valence-electron chi connectivity index (χ4n) is 6.14. The van der Waals surface area contributed by atoms with Crippen molar-refractivity contribution in [2.24, 2.45) is 0 Å². The van der Waals surface area contributed by atoms with Gasteiger partial charge in [-0.05, 0) is 43.5 Å². The summed E-state index contributed by atoms with van der Waals surface area (Å²) in [7, 11) is 0. The number of hydrogen-bond donors (Lipinski definition) is 0. The number of fused-ring (bicyclic) bond motifs is 2. The molecule has 0 saturated carbocycles. The van der Waals surface area contributed by atoms with Crippen LogP contribution in [0, 0.1) is 24.4 Å². The predicted molar refractivity (Wildman–Crippen MR) is 163 cm³/mol. The van der Waals surface area contributed by atoms with Crippen LogP contribution in [0.4, 0.5) is 19.0 Å². The van der Waals surface area contributed by atoms with Gasteiger partial charge in [0.2, 0.25) is 5.91 Å². The molecular formula is C32H30F3N5O2S. The lowest BCUT2D eigenvalue weighted by Crippen LogP contribution is -2.60. The first-order chi connectivity index (χ1) is 20.5. The average molecular weight is 606 g/mol. The molecule has 43 heavy (non-hydrogen) atoms. The predicted octanol–water partition coefficient (Wildman–Crippen LogP) is 5.99. The molecule has 4 heterocycles. The van der Waals surface area contributed by atoms with Crippen LogP contribution in [0.3, 0.4) is 0 Å². The number of halogens is 3. The fourth-order valence-corrected chi connectivity index (χ4v) is 7.35. The van der Waals surface area contributed by atoms with Gasteiger partial charge in [-0.15, -0.1) is 11.8 Å². The van der Waals surface area contributed by atoms with Gasteiger partial charge in [0.1, 0.15) is 17.5 Å². The summed E-state index contributed by atoms with van der Waals surface area (Å²) in [5, 5.41) is 0.135. The van der Waals surface area contributed by atoms with E-state index in [2.05, 4.69) is 16.5 Å². The molecule has 2 aromatic heterocycles. The Balaban J connectivity index is 1.75. The fraction of sp³-hybridized carbons (Fsp3) is 0.312. The summed E-state index contributed by atoms with van der Waals surface area (Å²) in [6.45, 7) is 11.6. The molecule has 222 valence electrons. The van der Waals surface area contributed by atoms with Crippen molar-refractivity contribution in [1.82, 2.24) is 19.4 Å². The molecule has 1 saturated heterocycles. The van der Waals surface area contributed by atoms with E-state index in [-0.39, 0.29) is 64.2 Å². The number of nitrogens with zero attached hydrogens (tertiary/aromatic N) is 5. The maximum absolute atomic E-state index is 17.0. The van der Waals surface area contributed by atoms with Crippen molar-refractivity contribution in [3.63, 3.8) is 0 Å². The number of anilines is 1. The number of pyridine rings is 1. The third-order valence-corrected chi connectivity index (χ3v) is 9.43. The molecule has 2 aliphatic rings. The highest BCUT2D eigenvalue weighted by Crippen LogP contribution is 2.47. The molecule has 0 radical (unpaired) electrons. The summed E-state index contributed by atoms with van der Waals surface area (Å²) in [4.78, 5) is 39.3. The van der Waals surface area contributed by atoms with E-state index in [9.17, 15) is 9.59 Å². The molecule has 4 aromatic rings. The number of carbonyl (C=O) groups is 1. The molecule has 1 fully saturated rings. The van der Waals surface area contributed by atoms with Crippen LogP contribution in [0.2, 0.25) is 0 Å². The molecule has 2 unspecified atom stereocenters. The first-order valence-corrected chi connectivity index (χ1v) is 15.0. The minimum atomic E-state index is -1.06. The number of aromatic nitrogens is 3. The summed E-state index contributed by atoms with van der Waals surface area (Å²) in [6.07, 6.45) is 2.87. The Kier molecular flexibility index (Phi) is 7.32. The van der Waals surface area contributed by atoms with Gasteiger partial charge >= 0.3 is 5.69 Å². The minimum absolute atomic E-state index is 0.0715. The highest BCUT2D eigenvalue weighted by Gasteiger charge is 2.40. The number of amides is 1.